The predicted octanol–water partition coefficient (Wildman–Crippen LogP) is 2.25. The maximum Gasteiger partial charge on any atom is 0.208 e. The topological polar surface area (TPSA) is 47.3 Å². The van der Waals surface area contributed by atoms with E-state index in [1.165, 1.54) is 0 Å². The first-order valence-corrected chi connectivity index (χ1v) is 6.25. The van der Waals surface area contributed by atoms with E-state index in [1.807, 2.05) is 6.20 Å². The molecule has 0 aliphatic heterocycles. The minimum atomic E-state index is 0.462. The SMILES string of the molecule is COCC(C)Cc1cnc(CNCC(C)C)o1. The molecule has 0 bridgehead atoms. The molecule has 0 saturated heterocycles. The van der Waals surface area contributed by atoms with Gasteiger partial charge in [-0.05, 0) is 18.4 Å². The largest absolute Gasteiger partial charge is 0.444 e. The van der Waals surface area contributed by atoms with Crippen molar-refractivity contribution in [2.75, 3.05) is 20.3 Å². The monoisotopic (exact) mass is 240 g/mol. The summed E-state index contributed by atoms with van der Waals surface area (Å²) in [6.07, 6.45) is 2.70. The van der Waals surface area contributed by atoms with Gasteiger partial charge in [-0.25, -0.2) is 4.98 Å². The number of oxazole rings is 1. The van der Waals surface area contributed by atoms with E-state index in [-0.39, 0.29) is 0 Å². The van der Waals surface area contributed by atoms with Crippen molar-refractivity contribution >= 4 is 0 Å². The number of ether oxygens (including phenoxy) is 1. The summed E-state index contributed by atoms with van der Waals surface area (Å²) in [4.78, 5) is 4.26. The van der Waals surface area contributed by atoms with Gasteiger partial charge in [-0.3, -0.25) is 0 Å². The fourth-order valence-electron chi connectivity index (χ4n) is 1.68. The van der Waals surface area contributed by atoms with Crippen LogP contribution in [-0.4, -0.2) is 25.2 Å². The molecule has 1 aromatic heterocycles. The molecule has 98 valence electrons. The van der Waals surface area contributed by atoms with E-state index >= 15 is 0 Å². The van der Waals surface area contributed by atoms with E-state index in [2.05, 4.69) is 31.1 Å². The number of hydrogen-bond donors (Lipinski definition) is 1. The Labute approximate surface area is 104 Å². The zero-order valence-electron chi connectivity index (χ0n) is 11.3. The number of nitrogens with zero attached hydrogens (tertiary/aromatic N) is 1. The highest BCUT2D eigenvalue weighted by Gasteiger charge is 2.08. The van der Waals surface area contributed by atoms with Crippen LogP contribution in [0, 0.1) is 11.8 Å². The second-order valence-corrected chi connectivity index (χ2v) is 5.01. The summed E-state index contributed by atoms with van der Waals surface area (Å²) in [6, 6.07) is 0. The second-order valence-electron chi connectivity index (χ2n) is 5.01. The van der Waals surface area contributed by atoms with Crippen LogP contribution in [-0.2, 0) is 17.7 Å². The molecule has 0 aromatic carbocycles. The highest BCUT2D eigenvalue weighted by molar-refractivity contribution is 4.95. The minimum absolute atomic E-state index is 0.462. The summed E-state index contributed by atoms with van der Waals surface area (Å²) >= 11 is 0. The third kappa shape index (κ3) is 5.84. The zero-order chi connectivity index (χ0) is 12.7. The van der Waals surface area contributed by atoms with Gasteiger partial charge in [-0.15, -0.1) is 0 Å². The highest BCUT2D eigenvalue weighted by Crippen LogP contribution is 2.10. The lowest BCUT2D eigenvalue weighted by molar-refractivity contribution is 0.156. The molecule has 1 rings (SSSR count). The van der Waals surface area contributed by atoms with Crippen LogP contribution in [0.25, 0.3) is 0 Å². The van der Waals surface area contributed by atoms with Crippen LogP contribution in [0.15, 0.2) is 10.6 Å². The van der Waals surface area contributed by atoms with Gasteiger partial charge in [-0.2, -0.15) is 0 Å². The van der Waals surface area contributed by atoms with Crippen LogP contribution in [0.3, 0.4) is 0 Å². The summed E-state index contributed by atoms with van der Waals surface area (Å²) < 4.78 is 10.8. The standard InChI is InChI=1S/C13H24N2O2/c1-10(2)6-14-8-13-15-7-12(17-13)5-11(3)9-16-4/h7,10-11,14H,5-6,8-9H2,1-4H3. The molecule has 1 atom stereocenters. The van der Waals surface area contributed by atoms with Crippen LogP contribution in [0.1, 0.15) is 32.4 Å². The van der Waals surface area contributed by atoms with Crippen molar-refractivity contribution in [1.82, 2.24) is 10.3 Å². The van der Waals surface area contributed by atoms with Gasteiger partial charge in [0, 0.05) is 20.1 Å². The third-order valence-corrected chi connectivity index (χ3v) is 2.43. The minimum Gasteiger partial charge on any atom is -0.444 e. The normalized spacial score (nSPS) is 13.2. The van der Waals surface area contributed by atoms with E-state index in [0.717, 1.165) is 31.2 Å². The Morgan fingerprint density at radius 1 is 1.41 bits per heavy atom. The smallest absolute Gasteiger partial charge is 0.208 e. The Hall–Kier alpha value is -0.870. The second kappa shape index (κ2) is 7.45. The quantitative estimate of drug-likeness (QED) is 0.757. The van der Waals surface area contributed by atoms with Crippen molar-refractivity contribution in [3.63, 3.8) is 0 Å². The summed E-state index contributed by atoms with van der Waals surface area (Å²) in [5.41, 5.74) is 0. The molecule has 1 aromatic rings. The van der Waals surface area contributed by atoms with E-state index < -0.39 is 0 Å². The molecule has 0 radical (unpaired) electrons. The van der Waals surface area contributed by atoms with Gasteiger partial charge in [0.05, 0.1) is 12.7 Å². The van der Waals surface area contributed by atoms with E-state index in [1.54, 1.807) is 7.11 Å². The molecule has 1 N–H and O–H groups in total. The molecule has 0 amide bonds. The van der Waals surface area contributed by atoms with E-state index in [9.17, 15) is 0 Å². The van der Waals surface area contributed by atoms with Crippen LogP contribution >= 0.6 is 0 Å². The maximum absolute atomic E-state index is 5.65. The number of methoxy groups -OCH3 is 1. The summed E-state index contributed by atoms with van der Waals surface area (Å²) in [5.74, 6) is 2.82. The van der Waals surface area contributed by atoms with E-state index in [4.69, 9.17) is 9.15 Å². The van der Waals surface area contributed by atoms with Gasteiger partial charge < -0.3 is 14.5 Å². The molecule has 0 saturated carbocycles. The molecular formula is C13H24N2O2. The molecule has 0 spiro atoms. The summed E-state index contributed by atoms with van der Waals surface area (Å²) in [6.45, 7) is 8.94. The van der Waals surface area contributed by atoms with Gasteiger partial charge in [0.25, 0.3) is 0 Å². The van der Waals surface area contributed by atoms with Gasteiger partial charge in [0.15, 0.2) is 0 Å². The number of hydrogen-bond acceptors (Lipinski definition) is 4. The van der Waals surface area contributed by atoms with Crippen molar-refractivity contribution in [3.8, 4) is 0 Å². The molecule has 1 heterocycles. The molecule has 17 heavy (non-hydrogen) atoms. The lowest BCUT2D eigenvalue weighted by Crippen LogP contribution is -2.19. The average molecular weight is 240 g/mol. The first-order valence-electron chi connectivity index (χ1n) is 6.25. The lowest BCUT2D eigenvalue weighted by Gasteiger charge is -2.07. The van der Waals surface area contributed by atoms with Crippen molar-refractivity contribution in [3.05, 3.63) is 17.8 Å². The average Bonchev–Trinajstić information content (AvgIpc) is 2.65. The van der Waals surface area contributed by atoms with Crippen molar-refractivity contribution in [1.29, 1.82) is 0 Å². The molecule has 4 nitrogen and oxygen atoms in total. The fourth-order valence-corrected chi connectivity index (χ4v) is 1.68. The summed E-state index contributed by atoms with van der Waals surface area (Å²) in [7, 11) is 1.72. The molecule has 0 aliphatic carbocycles. The van der Waals surface area contributed by atoms with Gasteiger partial charge in [0.1, 0.15) is 5.76 Å². The van der Waals surface area contributed by atoms with Crippen LogP contribution < -0.4 is 5.32 Å². The lowest BCUT2D eigenvalue weighted by atomic mass is 10.1. The number of nitrogens with one attached hydrogen (secondary N) is 1. The molecule has 0 aliphatic rings. The number of rotatable bonds is 8. The Balaban J connectivity index is 2.32. The van der Waals surface area contributed by atoms with Crippen LogP contribution in [0.5, 0.6) is 0 Å². The maximum atomic E-state index is 5.65. The Kier molecular flexibility index (Phi) is 6.22. The number of aromatic nitrogens is 1. The first-order chi connectivity index (χ1) is 8.11. The highest BCUT2D eigenvalue weighted by atomic mass is 16.5. The Bertz CT molecular complexity index is 310. The molecule has 0 fully saturated rings. The van der Waals surface area contributed by atoms with Crippen molar-refractivity contribution in [2.24, 2.45) is 11.8 Å². The molecular weight excluding hydrogens is 216 g/mol. The molecule has 4 heteroatoms. The van der Waals surface area contributed by atoms with Gasteiger partial charge in [0.2, 0.25) is 5.89 Å². The summed E-state index contributed by atoms with van der Waals surface area (Å²) in [5, 5.41) is 3.31. The Morgan fingerprint density at radius 2 is 2.18 bits per heavy atom. The molecule has 1 unspecified atom stereocenters. The first kappa shape index (κ1) is 14.2. The van der Waals surface area contributed by atoms with Gasteiger partial charge in [-0.1, -0.05) is 20.8 Å². The van der Waals surface area contributed by atoms with Crippen molar-refractivity contribution < 1.29 is 9.15 Å². The fraction of sp³-hybridized carbons (Fsp3) is 0.769. The third-order valence-electron chi connectivity index (χ3n) is 2.43. The van der Waals surface area contributed by atoms with Crippen LogP contribution in [0.4, 0.5) is 0 Å². The Morgan fingerprint density at radius 3 is 2.82 bits per heavy atom. The van der Waals surface area contributed by atoms with E-state index in [0.29, 0.717) is 18.4 Å². The van der Waals surface area contributed by atoms with Gasteiger partial charge >= 0.3 is 0 Å². The predicted molar refractivity (Wildman–Crippen MR) is 67.8 cm³/mol. The zero-order valence-corrected chi connectivity index (χ0v) is 11.3. The van der Waals surface area contributed by atoms with Crippen molar-refractivity contribution in [2.45, 2.75) is 33.7 Å². The van der Waals surface area contributed by atoms with Crippen LogP contribution in [0.2, 0.25) is 0 Å².